The molecule has 0 radical (unpaired) electrons. The molecule has 6 heteroatoms. The van der Waals surface area contributed by atoms with Crippen LogP contribution in [0.15, 0.2) is 12.1 Å². The van der Waals surface area contributed by atoms with E-state index in [1.165, 1.54) is 14.2 Å². The maximum Gasteiger partial charge on any atom is 0.256 e. The predicted molar refractivity (Wildman–Crippen MR) is 79.7 cm³/mol. The van der Waals surface area contributed by atoms with E-state index in [0.717, 1.165) is 6.42 Å². The summed E-state index contributed by atoms with van der Waals surface area (Å²) in [6.45, 7) is 2.64. The molecule has 1 aromatic rings. The molecule has 0 spiro atoms. The summed E-state index contributed by atoms with van der Waals surface area (Å²) in [5, 5.41) is 10.1. The fourth-order valence-electron chi connectivity index (χ4n) is 2.63. The van der Waals surface area contributed by atoms with E-state index in [2.05, 4.69) is 0 Å². The van der Waals surface area contributed by atoms with Crippen LogP contribution >= 0.6 is 0 Å². The first-order chi connectivity index (χ1) is 9.88. The summed E-state index contributed by atoms with van der Waals surface area (Å²) in [6.07, 6.45) is 1.45. The number of nitrogens with two attached hydrogens (primary N) is 1. The van der Waals surface area contributed by atoms with Crippen molar-refractivity contribution in [1.82, 2.24) is 4.90 Å². The van der Waals surface area contributed by atoms with Crippen molar-refractivity contribution in [3.63, 3.8) is 0 Å². The van der Waals surface area contributed by atoms with Gasteiger partial charge in [-0.3, -0.25) is 4.79 Å². The predicted octanol–water partition coefficient (Wildman–Crippen LogP) is 1.27. The van der Waals surface area contributed by atoms with Crippen molar-refractivity contribution in [3.8, 4) is 11.5 Å². The number of benzene rings is 1. The monoisotopic (exact) mass is 294 g/mol. The van der Waals surface area contributed by atoms with Crippen LogP contribution in [0.3, 0.4) is 0 Å². The maximum atomic E-state index is 12.7. The van der Waals surface area contributed by atoms with E-state index in [1.54, 1.807) is 24.0 Å². The normalized spacial score (nSPS) is 22.0. The van der Waals surface area contributed by atoms with Gasteiger partial charge in [-0.05, 0) is 25.8 Å². The standard InChI is InChI=1S/C15H22N2O4/c1-15(19)5-4-6-17(9-15)14(18)11-7-10(20-2)8-12(21-3)13(11)16/h7-8,19H,4-6,9,16H2,1-3H3. The van der Waals surface area contributed by atoms with E-state index in [9.17, 15) is 9.90 Å². The fraction of sp³-hybridized carbons (Fsp3) is 0.533. The Morgan fingerprint density at radius 1 is 1.38 bits per heavy atom. The summed E-state index contributed by atoms with van der Waals surface area (Å²) in [5.41, 5.74) is 5.77. The summed E-state index contributed by atoms with van der Waals surface area (Å²) in [6, 6.07) is 3.24. The molecule has 1 fully saturated rings. The average molecular weight is 294 g/mol. The number of anilines is 1. The van der Waals surface area contributed by atoms with E-state index in [4.69, 9.17) is 15.2 Å². The van der Waals surface area contributed by atoms with Gasteiger partial charge >= 0.3 is 0 Å². The minimum absolute atomic E-state index is 0.218. The molecule has 1 aliphatic heterocycles. The lowest BCUT2D eigenvalue weighted by atomic mass is 9.94. The van der Waals surface area contributed by atoms with Crippen LogP contribution in [-0.4, -0.2) is 48.8 Å². The number of ether oxygens (including phenoxy) is 2. The summed E-state index contributed by atoms with van der Waals surface area (Å²) in [7, 11) is 3.01. The van der Waals surface area contributed by atoms with Gasteiger partial charge < -0.3 is 25.2 Å². The van der Waals surface area contributed by atoms with Crippen molar-refractivity contribution in [2.75, 3.05) is 33.0 Å². The van der Waals surface area contributed by atoms with Crippen LogP contribution in [-0.2, 0) is 0 Å². The number of nitrogens with zero attached hydrogens (tertiary/aromatic N) is 1. The number of hydrogen-bond donors (Lipinski definition) is 2. The Morgan fingerprint density at radius 3 is 2.67 bits per heavy atom. The van der Waals surface area contributed by atoms with Crippen LogP contribution < -0.4 is 15.2 Å². The molecule has 0 bridgehead atoms. The van der Waals surface area contributed by atoms with Gasteiger partial charge in [-0.2, -0.15) is 0 Å². The van der Waals surface area contributed by atoms with Crippen LogP contribution in [0, 0.1) is 0 Å². The quantitative estimate of drug-likeness (QED) is 0.820. The van der Waals surface area contributed by atoms with Crippen LogP contribution in [0.2, 0.25) is 0 Å². The number of methoxy groups -OCH3 is 2. The summed E-state index contributed by atoms with van der Waals surface area (Å²) < 4.78 is 10.4. The smallest absolute Gasteiger partial charge is 0.256 e. The van der Waals surface area contributed by atoms with Crippen molar-refractivity contribution in [2.45, 2.75) is 25.4 Å². The molecular formula is C15H22N2O4. The third-order valence-corrected chi connectivity index (χ3v) is 3.76. The van der Waals surface area contributed by atoms with Gasteiger partial charge in [0.05, 0.1) is 31.1 Å². The van der Waals surface area contributed by atoms with Crippen LogP contribution in [0.5, 0.6) is 11.5 Å². The number of nitrogen functional groups attached to an aromatic ring is 1. The third kappa shape index (κ3) is 3.21. The number of amides is 1. The summed E-state index contributed by atoms with van der Waals surface area (Å²) in [5.74, 6) is 0.694. The number of carbonyl (C=O) groups is 1. The summed E-state index contributed by atoms with van der Waals surface area (Å²) in [4.78, 5) is 14.3. The first-order valence-electron chi connectivity index (χ1n) is 6.91. The Hall–Kier alpha value is -1.95. The minimum atomic E-state index is -0.856. The van der Waals surface area contributed by atoms with E-state index < -0.39 is 5.60 Å². The number of piperidine rings is 1. The second kappa shape index (κ2) is 5.81. The molecule has 116 valence electrons. The SMILES string of the molecule is COc1cc(OC)c(N)c(C(=O)N2CCCC(C)(O)C2)c1. The molecule has 2 rings (SSSR count). The second-order valence-electron chi connectivity index (χ2n) is 5.62. The number of likely N-dealkylation sites (tertiary alicyclic amines) is 1. The van der Waals surface area contributed by atoms with Gasteiger partial charge in [0.25, 0.3) is 5.91 Å². The molecule has 1 aromatic carbocycles. The molecule has 6 nitrogen and oxygen atoms in total. The first kappa shape index (κ1) is 15.4. The van der Waals surface area contributed by atoms with E-state index in [0.29, 0.717) is 36.6 Å². The van der Waals surface area contributed by atoms with Crippen molar-refractivity contribution in [3.05, 3.63) is 17.7 Å². The van der Waals surface area contributed by atoms with Crippen LogP contribution in [0.25, 0.3) is 0 Å². The lowest BCUT2D eigenvalue weighted by Gasteiger charge is -2.37. The zero-order valence-electron chi connectivity index (χ0n) is 12.7. The molecule has 0 aliphatic carbocycles. The number of hydrogen-bond acceptors (Lipinski definition) is 5. The van der Waals surface area contributed by atoms with Crippen LogP contribution in [0.1, 0.15) is 30.1 Å². The van der Waals surface area contributed by atoms with E-state index in [-0.39, 0.29) is 11.6 Å². The highest BCUT2D eigenvalue weighted by atomic mass is 16.5. The van der Waals surface area contributed by atoms with Gasteiger partial charge in [-0.25, -0.2) is 0 Å². The Morgan fingerprint density at radius 2 is 2.10 bits per heavy atom. The molecule has 1 unspecified atom stereocenters. The van der Waals surface area contributed by atoms with Crippen molar-refractivity contribution < 1.29 is 19.4 Å². The van der Waals surface area contributed by atoms with Crippen molar-refractivity contribution >= 4 is 11.6 Å². The molecule has 1 aliphatic rings. The van der Waals surface area contributed by atoms with Gasteiger partial charge in [0.1, 0.15) is 11.5 Å². The zero-order valence-corrected chi connectivity index (χ0v) is 12.7. The summed E-state index contributed by atoms with van der Waals surface area (Å²) >= 11 is 0. The lowest BCUT2D eigenvalue weighted by molar-refractivity contribution is -0.0107. The zero-order chi connectivity index (χ0) is 15.6. The number of aliphatic hydroxyl groups is 1. The van der Waals surface area contributed by atoms with Gasteiger partial charge in [0.2, 0.25) is 0 Å². The minimum Gasteiger partial charge on any atom is -0.497 e. The largest absolute Gasteiger partial charge is 0.497 e. The highest BCUT2D eigenvalue weighted by Crippen LogP contribution is 2.33. The first-order valence-corrected chi connectivity index (χ1v) is 6.91. The van der Waals surface area contributed by atoms with Crippen LogP contribution in [0.4, 0.5) is 5.69 Å². The molecule has 21 heavy (non-hydrogen) atoms. The molecule has 1 amide bonds. The Labute approximate surface area is 124 Å². The van der Waals surface area contributed by atoms with Crippen molar-refractivity contribution in [2.24, 2.45) is 0 Å². The number of β-amino-alcohol motifs (C(OH)–C–C–N with tert-alkyl or cyclic N) is 1. The van der Waals surface area contributed by atoms with Gasteiger partial charge in [0.15, 0.2) is 0 Å². The van der Waals surface area contributed by atoms with E-state index in [1.807, 2.05) is 0 Å². The molecule has 0 saturated carbocycles. The Balaban J connectivity index is 2.34. The molecule has 1 heterocycles. The van der Waals surface area contributed by atoms with Gasteiger partial charge in [-0.1, -0.05) is 0 Å². The molecule has 1 saturated heterocycles. The topological polar surface area (TPSA) is 85.0 Å². The Bertz CT molecular complexity index is 543. The van der Waals surface area contributed by atoms with Crippen molar-refractivity contribution in [1.29, 1.82) is 0 Å². The third-order valence-electron chi connectivity index (χ3n) is 3.76. The molecule has 3 N–H and O–H groups in total. The number of carbonyl (C=O) groups excluding carboxylic acids is 1. The second-order valence-corrected chi connectivity index (χ2v) is 5.62. The number of rotatable bonds is 3. The highest BCUT2D eigenvalue weighted by Gasteiger charge is 2.32. The molecule has 1 atom stereocenters. The lowest BCUT2D eigenvalue weighted by Crippen LogP contribution is -2.48. The van der Waals surface area contributed by atoms with E-state index >= 15 is 0 Å². The fourth-order valence-corrected chi connectivity index (χ4v) is 2.63. The average Bonchev–Trinajstić information content (AvgIpc) is 2.45. The van der Waals surface area contributed by atoms with Gasteiger partial charge in [0, 0.05) is 19.2 Å². The Kier molecular flexibility index (Phi) is 4.27. The van der Waals surface area contributed by atoms with Gasteiger partial charge in [-0.15, -0.1) is 0 Å². The molecule has 0 aromatic heterocycles. The molecular weight excluding hydrogens is 272 g/mol. The maximum absolute atomic E-state index is 12.7. The highest BCUT2D eigenvalue weighted by molar-refractivity contribution is 6.01.